The van der Waals surface area contributed by atoms with Gasteiger partial charge in [0.05, 0.1) is 6.54 Å². The minimum Gasteiger partial charge on any atom is -0.344 e. The van der Waals surface area contributed by atoms with Crippen molar-refractivity contribution < 1.29 is 4.79 Å². The van der Waals surface area contributed by atoms with Gasteiger partial charge in [-0.1, -0.05) is 0 Å². The van der Waals surface area contributed by atoms with Crippen LogP contribution in [0.4, 0.5) is 0 Å². The first-order valence-electron chi connectivity index (χ1n) is 5.07. The van der Waals surface area contributed by atoms with Crippen molar-refractivity contribution in [2.24, 2.45) is 0 Å². The van der Waals surface area contributed by atoms with Crippen LogP contribution in [0, 0.1) is 0 Å². The Hall–Kier alpha value is -1.36. The quantitative estimate of drug-likeness (QED) is 0.749. The number of hydrogen-bond acceptors (Lipinski definition) is 3. The summed E-state index contributed by atoms with van der Waals surface area (Å²) in [4.78, 5) is 17.5. The number of carbonyl (C=O) groups is 1. The van der Waals surface area contributed by atoms with Crippen molar-refractivity contribution in [3.05, 3.63) is 18.2 Å². The zero-order valence-corrected chi connectivity index (χ0v) is 9.53. The van der Waals surface area contributed by atoms with E-state index in [1.165, 1.54) is 0 Å². The molecule has 0 aliphatic heterocycles. The summed E-state index contributed by atoms with van der Waals surface area (Å²) in [6, 6.07) is 0. The summed E-state index contributed by atoms with van der Waals surface area (Å²) in [5, 5.41) is 3.02. The maximum atomic E-state index is 11.7. The molecule has 0 fully saturated rings. The van der Waals surface area contributed by atoms with Gasteiger partial charge in [0.1, 0.15) is 12.4 Å². The Labute approximate surface area is 90.1 Å². The van der Waals surface area contributed by atoms with E-state index in [9.17, 15) is 4.79 Å². The second-order valence-corrected chi connectivity index (χ2v) is 3.41. The summed E-state index contributed by atoms with van der Waals surface area (Å²) in [5.74, 6) is 0.989. The fourth-order valence-electron chi connectivity index (χ4n) is 1.25. The van der Waals surface area contributed by atoms with Gasteiger partial charge in [-0.3, -0.25) is 4.79 Å². The SMILES string of the molecule is CCN(C)C(=O)Cn1ccnc1CNC. The van der Waals surface area contributed by atoms with Crippen molar-refractivity contribution in [2.75, 3.05) is 20.6 Å². The highest BCUT2D eigenvalue weighted by atomic mass is 16.2. The van der Waals surface area contributed by atoms with E-state index in [1.807, 2.05) is 24.7 Å². The largest absolute Gasteiger partial charge is 0.344 e. The molecule has 5 nitrogen and oxygen atoms in total. The van der Waals surface area contributed by atoms with Gasteiger partial charge in [-0.15, -0.1) is 0 Å². The second-order valence-electron chi connectivity index (χ2n) is 3.41. The molecule has 0 aromatic carbocycles. The van der Waals surface area contributed by atoms with Gasteiger partial charge >= 0.3 is 0 Å². The van der Waals surface area contributed by atoms with Gasteiger partial charge in [-0.05, 0) is 14.0 Å². The molecule has 1 aromatic heterocycles. The summed E-state index contributed by atoms with van der Waals surface area (Å²) >= 11 is 0. The third-order valence-electron chi connectivity index (χ3n) is 2.34. The highest BCUT2D eigenvalue weighted by Gasteiger charge is 2.09. The minimum atomic E-state index is 0.104. The molecule has 1 amide bonds. The number of amides is 1. The van der Waals surface area contributed by atoms with Crippen LogP contribution in [0.2, 0.25) is 0 Å². The van der Waals surface area contributed by atoms with E-state index < -0.39 is 0 Å². The molecule has 1 heterocycles. The monoisotopic (exact) mass is 210 g/mol. The third kappa shape index (κ3) is 3.06. The molecule has 0 unspecified atom stereocenters. The lowest BCUT2D eigenvalue weighted by atomic mass is 10.4. The highest BCUT2D eigenvalue weighted by Crippen LogP contribution is 1.98. The van der Waals surface area contributed by atoms with Crippen LogP contribution >= 0.6 is 0 Å². The van der Waals surface area contributed by atoms with Gasteiger partial charge in [-0.2, -0.15) is 0 Å². The van der Waals surface area contributed by atoms with Gasteiger partial charge in [0, 0.05) is 26.0 Å². The van der Waals surface area contributed by atoms with Crippen LogP contribution in [0.25, 0.3) is 0 Å². The number of aromatic nitrogens is 2. The van der Waals surface area contributed by atoms with Gasteiger partial charge in [0.15, 0.2) is 0 Å². The van der Waals surface area contributed by atoms with E-state index >= 15 is 0 Å². The lowest BCUT2D eigenvalue weighted by Crippen LogP contribution is -2.30. The maximum Gasteiger partial charge on any atom is 0.242 e. The van der Waals surface area contributed by atoms with Crippen molar-refractivity contribution in [1.29, 1.82) is 0 Å². The fraction of sp³-hybridized carbons (Fsp3) is 0.600. The van der Waals surface area contributed by atoms with Gasteiger partial charge in [-0.25, -0.2) is 4.98 Å². The molecule has 0 saturated carbocycles. The Balaban J connectivity index is 2.63. The predicted octanol–water partition coefficient (Wildman–Crippen LogP) is 0.0808. The van der Waals surface area contributed by atoms with Crippen LogP contribution in [0.1, 0.15) is 12.7 Å². The van der Waals surface area contributed by atoms with Crippen LogP contribution in [0.15, 0.2) is 12.4 Å². The smallest absolute Gasteiger partial charge is 0.242 e. The molecular formula is C10H18N4O. The van der Waals surface area contributed by atoms with Crippen molar-refractivity contribution in [2.45, 2.75) is 20.0 Å². The predicted molar refractivity (Wildman–Crippen MR) is 58.3 cm³/mol. The Morgan fingerprint density at radius 1 is 1.67 bits per heavy atom. The van der Waals surface area contributed by atoms with Crippen molar-refractivity contribution >= 4 is 5.91 Å². The number of likely N-dealkylation sites (N-methyl/N-ethyl adjacent to an activating group) is 1. The molecule has 15 heavy (non-hydrogen) atoms. The second kappa shape index (κ2) is 5.50. The standard InChI is InChI=1S/C10H18N4O/c1-4-13(3)10(15)8-14-6-5-12-9(14)7-11-2/h5-6,11H,4,7-8H2,1-3H3. The number of rotatable bonds is 5. The molecule has 0 spiro atoms. The summed E-state index contributed by atoms with van der Waals surface area (Å²) in [7, 11) is 3.66. The molecular weight excluding hydrogens is 192 g/mol. The summed E-state index contributed by atoms with van der Waals surface area (Å²) in [6.07, 6.45) is 3.54. The topological polar surface area (TPSA) is 50.2 Å². The average Bonchev–Trinajstić information content (AvgIpc) is 2.65. The number of carbonyl (C=O) groups excluding carboxylic acids is 1. The fourth-order valence-corrected chi connectivity index (χ4v) is 1.25. The lowest BCUT2D eigenvalue weighted by molar-refractivity contribution is -0.130. The van der Waals surface area contributed by atoms with E-state index in [0.29, 0.717) is 13.1 Å². The molecule has 84 valence electrons. The Morgan fingerprint density at radius 2 is 2.40 bits per heavy atom. The van der Waals surface area contributed by atoms with Crippen LogP contribution in [0.5, 0.6) is 0 Å². The van der Waals surface area contributed by atoms with Crippen LogP contribution < -0.4 is 5.32 Å². The van der Waals surface area contributed by atoms with Crippen LogP contribution in [-0.4, -0.2) is 41.0 Å². The molecule has 5 heteroatoms. The number of nitrogens with one attached hydrogen (secondary N) is 1. The molecule has 0 atom stereocenters. The molecule has 0 saturated heterocycles. The third-order valence-corrected chi connectivity index (χ3v) is 2.34. The van der Waals surface area contributed by atoms with Crippen molar-refractivity contribution in [3.63, 3.8) is 0 Å². The Morgan fingerprint density at radius 3 is 3.00 bits per heavy atom. The van der Waals surface area contributed by atoms with Gasteiger partial charge in [0.25, 0.3) is 0 Å². The van der Waals surface area contributed by atoms with Crippen molar-refractivity contribution in [3.8, 4) is 0 Å². The number of hydrogen-bond donors (Lipinski definition) is 1. The lowest BCUT2D eigenvalue weighted by Gasteiger charge is -2.15. The van der Waals surface area contributed by atoms with E-state index in [2.05, 4.69) is 10.3 Å². The normalized spacial score (nSPS) is 10.3. The molecule has 0 radical (unpaired) electrons. The summed E-state index contributed by atoms with van der Waals surface area (Å²) in [5.41, 5.74) is 0. The van der Waals surface area contributed by atoms with Gasteiger partial charge in [0.2, 0.25) is 5.91 Å². The van der Waals surface area contributed by atoms with E-state index in [1.54, 1.807) is 18.1 Å². The first-order chi connectivity index (χ1) is 7.19. The Bertz CT molecular complexity index is 321. The van der Waals surface area contributed by atoms with Crippen LogP contribution in [0.3, 0.4) is 0 Å². The molecule has 1 rings (SSSR count). The van der Waals surface area contributed by atoms with E-state index in [4.69, 9.17) is 0 Å². The molecule has 0 aliphatic carbocycles. The van der Waals surface area contributed by atoms with Crippen LogP contribution in [-0.2, 0) is 17.9 Å². The highest BCUT2D eigenvalue weighted by molar-refractivity contribution is 5.75. The molecule has 0 bridgehead atoms. The first kappa shape index (κ1) is 11.7. The summed E-state index contributed by atoms with van der Waals surface area (Å²) in [6.45, 7) is 3.73. The molecule has 1 N–H and O–H groups in total. The molecule has 1 aromatic rings. The van der Waals surface area contributed by atoms with E-state index in [0.717, 1.165) is 12.4 Å². The maximum absolute atomic E-state index is 11.7. The first-order valence-corrected chi connectivity index (χ1v) is 5.07. The Kier molecular flexibility index (Phi) is 4.30. The number of nitrogens with zero attached hydrogens (tertiary/aromatic N) is 3. The number of imidazole rings is 1. The zero-order chi connectivity index (χ0) is 11.3. The zero-order valence-electron chi connectivity index (χ0n) is 9.53. The average molecular weight is 210 g/mol. The van der Waals surface area contributed by atoms with Crippen molar-refractivity contribution in [1.82, 2.24) is 19.8 Å². The molecule has 0 aliphatic rings. The van der Waals surface area contributed by atoms with E-state index in [-0.39, 0.29) is 5.91 Å². The minimum absolute atomic E-state index is 0.104. The summed E-state index contributed by atoms with van der Waals surface area (Å²) < 4.78 is 1.87. The van der Waals surface area contributed by atoms with Gasteiger partial charge < -0.3 is 14.8 Å².